The van der Waals surface area contributed by atoms with Gasteiger partial charge < -0.3 is 33.8 Å². The zero-order valence-corrected chi connectivity index (χ0v) is 65.9. The highest BCUT2D eigenvalue weighted by Crippen LogP contribution is 2.45. The van der Waals surface area contributed by atoms with Crippen molar-refractivity contribution in [3.8, 4) is 0 Å². The van der Waals surface area contributed by atoms with Crippen LogP contribution in [0.25, 0.3) is 0 Å². The van der Waals surface area contributed by atoms with E-state index in [1.165, 1.54) is 199 Å². The standard InChI is InChI=1S/C80H152O17P2/c1-6-10-13-16-19-21-23-25-27-28-29-30-32-38-42-46-51-56-61-66-80(85)97-76(70-91-78(83)64-59-54-49-44-40-36-34-33-35-39-43-48-52-57-62-73(5)9-4)72-95-99(88,89)93-68-74(81)67-92-98(86,87)94-71-75(69-90-77(82)63-58-53-47-18-15-12-8-3)96-79(84)65-60-55-50-45-41-37-31-26-24-22-20-17-14-11-7-2/h22,24,26,31,73-76,81H,6-21,23,25,27-30,32-72H2,1-5H3,(H,86,87)(H,88,89)/b24-22-,31-26-/t73?,74-,75+,76+/m0/s1. The summed E-state index contributed by atoms with van der Waals surface area (Å²) in [7, 11) is -9.92. The lowest BCUT2D eigenvalue weighted by molar-refractivity contribution is -0.161. The maximum absolute atomic E-state index is 13.1. The Morgan fingerprint density at radius 2 is 0.566 bits per heavy atom. The second-order valence-electron chi connectivity index (χ2n) is 28.4. The van der Waals surface area contributed by atoms with Crippen LogP contribution in [0, 0.1) is 5.92 Å². The van der Waals surface area contributed by atoms with Gasteiger partial charge in [-0.1, -0.05) is 348 Å². The minimum Gasteiger partial charge on any atom is -0.462 e. The van der Waals surface area contributed by atoms with Crippen LogP contribution in [0.5, 0.6) is 0 Å². The topological polar surface area (TPSA) is 237 Å². The number of aliphatic hydroxyl groups excluding tert-OH is 1. The number of hydrogen-bond donors (Lipinski definition) is 3. The number of carbonyl (C=O) groups excluding carboxylic acids is 4. The third-order valence-electron chi connectivity index (χ3n) is 18.5. The van der Waals surface area contributed by atoms with Crippen molar-refractivity contribution in [2.45, 2.75) is 419 Å². The zero-order chi connectivity index (χ0) is 72.7. The fraction of sp³-hybridized carbons (Fsp3) is 0.900. The van der Waals surface area contributed by atoms with E-state index in [2.05, 4.69) is 58.9 Å². The summed E-state index contributed by atoms with van der Waals surface area (Å²) < 4.78 is 68.5. The van der Waals surface area contributed by atoms with Gasteiger partial charge in [-0.05, 0) is 57.3 Å². The molecule has 0 aliphatic heterocycles. The first-order valence-corrected chi connectivity index (χ1v) is 44.0. The van der Waals surface area contributed by atoms with E-state index in [0.29, 0.717) is 25.7 Å². The highest BCUT2D eigenvalue weighted by molar-refractivity contribution is 7.47. The predicted molar refractivity (Wildman–Crippen MR) is 404 cm³/mol. The molecule has 17 nitrogen and oxygen atoms in total. The molecule has 0 aliphatic rings. The number of aliphatic hydroxyl groups is 1. The van der Waals surface area contributed by atoms with E-state index in [9.17, 15) is 43.2 Å². The van der Waals surface area contributed by atoms with Gasteiger partial charge in [0.1, 0.15) is 19.3 Å². The van der Waals surface area contributed by atoms with Crippen LogP contribution in [0.15, 0.2) is 24.3 Å². The minimum atomic E-state index is -4.96. The Morgan fingerprint density at radius 1 is 0.323 bits per heavy atom. The molecule has 0 amide bonds. The normalized spacial score (nSPS) is 14.3. The van der Waals surface area contributed by atoms with Crippen molar-refractivity contribution in [2.24, 2.45) is 5.92 Å². The third kappa shape index (κ3) is 72.3. The van der Waals surface area contributed by atoms with Crippen molar-refractivity contribution >= 4 is 39.5 Å². The van der Waals surface area contributed by atoms with Gasteiger partial charge in [0.05, 0.1) is 26.4 Å². The molecule has 0 aliphatic carbocycles. The molecule has 0 saturated carbocycles. The molecule has 0 heterocycles. The number of allylic oxidation sites excluding steroid dienone is 4. The number of hydrogen-bond acceptors (Lipinski definition) is 15. The molecule has 0 rings (SSSR count). The summed E-state index contributed by atoms with van der Waals surface area (Å²) in [6.07, 6.45) is 66.1. The highest BCUT2D eigenvalue weighted by Gasteiger charge is 2.30. The van der Waals surface area contributed by atoms with Crippen LogP contribution < -0.4 is 0 Å². The Morgan fingerprint density at radius 3 is 0.859 bits per heavy atom. The molecule has 6 atom stereocenters. The van der Waals surface area contributed by atoms with Gasteiger partial charge in [-0.15, -0.1) is 0 Å². The van der Waals surface area contributed by atoms with Gasteiger partial charge in [0.15, 0.2) is 12.2 Å². The number of carbonyl (C=O) groups is 4. The van der Waals surface area contributed by atoms with Crippen molar-refractivity contribution in [3.63, 3.8) is 0 Å². The maximum atomic E-state index is 13.1. The second kappa shape index (κ2) is 72.5. The quantitative estimate of drug-likeness (QED) is 0.0169. The van der Waals surface area contributed by atoms with E-state index >= 15 is 0 Å². The SMILES string of the molecule is CCCCCC/C=C\C=C/CCCCCCCC(=O)O[C@H](COC(=O)CCCCCCCCC)COP(=O)(O)OC[C@H](O)COP(=O)(O)OC[C@@H](COC(=O)CCCCCCCCCCCCCCCCC(C)CC)OC(=O)CCCCCCCCCCCCCCCCCCCCC. The molecule has 3 N–H and O–H groups in total. The summed E-state index contributed by atoms with van der Waals surface area (Å²) in [5, 5.41) is 10.6. The molecule has 99 heavy (non-hydrogen) atoms. The Labute approximate surface area is 605 Å². The summed E-state index contributed by atoms with van der Waals surface area (Å²) in [6, 6.07) is 0. The van der Waals surface area contributed by atoms with Crippen LogP contribution in [0.2, 0.25) is 0 Å². The van der Waals surface area contributed by atoms with Crippen molar-refractivity contribution in [3.05, 3.63) is 24.3 Å². The lowest BCUT2D eigenvalue weighted by Crippen LogP contribution is -2.30. The first-order chi connectivity index (χ1) is 48.1. The average Bonchev–Trinajstić information content (AvgIpc) is 1.82. The molecule has 0 aromatic rings. The number of unbranched alkanes of at least 4 members (excludes halogenated alkanes) is 46. The summed E-state index contributed by atoms with van der Waals surface area (Å²) in [6.45, 7) is 7.27. The number of rotatable bonds is 78. The predicted octanol–water partition coefficient (Wildman–Crippen LogP) is 23.6. The molecule has 584 valence electrons. The van der Waals surface area contributed by atoms with Crippen LogP contribution in [0.3, 0.4) is 0 Å². The molecular formula is C80H152O17P2. The molecule has 0 saturated heterocycles. The fourth-order valence-corrected chi connectivity index (χ4v) is 13.4. The van der Waals surface area contributed by atoms with Gasteiger partial charge in [-0.3, -0.25) is 37.3 Å². The van der Waals surface area contributed by atoms with Gasteiger partial charge in [0, 0.05) is 25.7 Å². The molecule has 0 bridgehead atoms. The van der Waals surface area contributed by atoms with E-state index in [4.69, 9.17) is 37.0 Å². The number of ether oxygens (including phenoxy) is 4. The molecule has 0 fully saturated rings. The van der Waals surface area contributed by atoms with Gasteiger partial charge in [0.25, 0.3) is 0 Å². The maximum Gasteiger partial charge on any atom is 0.472 e. The van der Waals surface area contributed by atoms with Crippen LogP contribution in [0.1, 0.15) is 401 Å². The molecule has 0 aromatic carbocycles. The number of phosphoric ester groups is 2. The van der Waals surface area contributed by atoms with Crippen molar-refractivity contribution in [1.82, 2.24) is 0 Å². The molecule has 0 radical (unpaired) electrons. The van der Waals surface area contributed by atoms with Crippen LogP contribution in [-0.2, 0) is 65.4 Å². The van der Waals surface area contributed by atoms with E-state index < -0.39 is 97.5 Å². The summed E-state index contributed by atoms with van der Waals surface area (Å²) in [5.74, 6) is -1.30. The first-order valence-electron chi connectivity index (χ1n) is 41.0. The van der Waals surface area contributed by atoms with Crippen LogP contribution in [-0.4, -0.2) is 96.7 Å². The molecule has 3 unspecified atom stereocenters. The monoisotopic (exact) mass is 1450 g/mol. The molecule has 0 aromatic heterocycles. The number of esters is 4. The minimum absolute atomic E-state index is 0.0850. The second-order valence-corrected chi connectivity index (χ2v) is 31.3. The summed E-state index contributed by atoms with van der Waals surface area (Å²) >= 11 is 0. The summed E-state index contributed by atoms with van der Waals surface area (Å²) in [4.78, 5) is 72.8. The van der Waals surface area contributed by atoms with Gasteiger partial charge in [-0.25, -0.2) is 9.13 Å². The first kappa shape index (κ1) is 96.5. The molecule has 19 heteroatoms. The molecule has 0 spiro atoms. The van der Waals surface area contributed by atoms with Gasteiger partial charge >= 0.3 is 39.5 Å². The van der Waals surface area contributed by atoms with Crippen molar-refractivity contribution < 1.29 is 80.2 Å². The van der Waals surface area contributed by atoms with Gasteiger partial charge in [-0.2, -0.15) is 0 Å². The van der Waals surface area contributed by atoms with Crippen LogP contribution >= 0.6 is 15.6 Å². The van der Waals surface area contributed by atoms with Crippen molar-refractivity contribution in [1.29, 1.82) is 0 Å². The highest BCUT2D eigenvalue weighted by atomic mass is 31.2. The zero-order valence-electron chi connectivity index (χ0n) is 64.1. The number of phosphoric acid groups is 2. The largest absolute Gasteiger partial charge is 0.472 e. The average molecular weight is 1450 g/mol. The third-order valence-corrected chi connectivity index (χ3v) is 20.4. The molecular weight excluding hydrogens is 1290 g/mol. The Kier molecular flexibility index (Phi) is 70.7. The summed E-state index contributed by atoms with van der Waals surface area (Å²) in [5.41, 5.74) is 0. The lowest BCUT2D eigenvalue weighted by atomic mass is 9.99. The van der Waals surface area contributed by atoms with Gasteiger partial charge in [0.2, 0.25) is 0 Å². The Bertz CT molecular complexity index is 1990. The van der Waals surface area contributed by atoms with Crippen molar-refractivity contribution in [2.75, 3.05) is 39.6 Å². The Balaban J connectivity index is 5.21. The van der Waals surface area contributed by atoms with E-state index in [1.807, 2.05) is 0 Å². The fourth-order valence-electron chi connectivity index (χ4n) is 11.8. The Hall–Kier alpha value is -2.46. The van der Waals surface area contributed by atoms with E-state index in [-0.39, 0.29) is 25.7 Å². The van der Waals surface area contributed by atoms with E-state index in [1.54, 1.807) is 0 Å². The van der Waals surface area contributed by atoms with Crippen LogP contribution in [0.4, 0.5) is 0 Å². The smallest absolute Gasteiger partial charge is 0.462 e. The lowest BCUT2D eigenvalue weighted by Gasteiger charge is -2.21. The van der Waals surface area contributed by atoms with E-state index in [0.717, 1.165) is 121 Å².